The van der Waals surface area contributed by atoms with Gasteiger partial charge in [0.05, 0.1) is 6.20 Å². The molecule has 1 fully saturated rings. The first-order valence-corrected chi connectivity index (χ1v) is 8.56. The highest BCUT2D eigenvalue weighted by Crippen LogP contribution is 2.26. The van der Waals surface area contributed by atoms with Gasteiger partial charge in [-0.05, 0) is 69.1 Å². The molecule has 1 saturated heterocycles. The zero-order valence-electron chi connectivity index (χ0n) is 13.7. The van der Waals surface area contributed by atoms with Crippen LogP contribution in [0.25, 0.3) is 22.0 Å². The van der Waals surface area contributed by atoms with Crippen LogP contribution in [0.1, 0.15) is 19.3 Å². The normalized spacial score (nSPS) is 20.0. The summed E-state index contributed by atoms with van der Waals surface area (Å²) in [6.07, 6.45) is 10.0. The highest BCUT2D eigenvalue weighted by molar-refractivity contribution is 5.85. The topological polar surface area (TPSA) is 36.9 Å². The molecule has 1 unspecified atom stereocenters. The Morgan fingerprint density at radius 1 is 1.17 bits per heavy atom. The predicted molar refractivity (Wildman–Crippen MR) is 94.4 cm³/mol. The SMILES string of the molecule is CN1CCCC(Cn2ccc3cc(-c4cn[nH]c4)ccc32)CC1. The lowest BCUT2D eigenvalue weighted by Gasteiger charge is -2.16. The van der Waals surface area contributed by atoms with E-state index >= 15 is 0 Å². The summed E-state index contributed by atoms with van der Waals surface area (Å²) in [4.78, 5) is 2.46. The number of aromatic amines is 1. The van der Waals surface area contributed by atoms with Crippen LogP contribution in [0.3, 0.4) is 0 Å². The highest BCUT2D eigenvalue weighted by atomic mass is 15.1. The van der Waals surface area contributed by atoms with E-state index in [-0.39, 0.29) is 0 Å². The number of aromatic nitrogens is 3. The fourth-order valence-corrected chi connectivity index (χ4v) is 3.72. The molecule has 0 spiro atoms. The summed E-state index contributed by atoms with van der Waals surface area (Å²) >= 11 is 0. The molecule has 1 aliphatic heterocycles. The molecular weight excluding hydrogens is 284 g/mol. The number of nitrogens with one attached hydrogen (secondary N) is 1. The number of hydrogen-bond donors (Lipinski definition) is 1. The summed E-state index contributed by atoms with van der Waals surface area (Å²) in [5.41, 5.74) is 3.71. The van der Waals surface area contributed by atoms with Crippen molar-refractivity contribution in [1.82, 2.24) is 19.7 Å². The second-order valence-corrected chi connectivity index (χ2v) is 6.83. The quantitative estimate of drug-likeness (QED) is 0.800. The van der Waals surface area contributed by atoms with Gasteiger partial charge in [-0.3, -0.25) is 5.10 Å². The maximum atomic E-state index is 4.04. The molecule has 4 heteroatoms. The first-order chi connectivity index (χ1) is 11.3. The van der Waals surface area contributed by atoms with Crippen LogP contribution < -0.4 is 0 Å². The molecule has 23 heavy (non-hydrogen) atoms. The summed E-state index contributed by atoms with van der Waals surface area (Å²) in [5, 5.41) is 8.24. The molecule has 0 amide bonds. The molecule has 120 valence electrons. The van der Waals surface area contributed by atoms with Crippen molar-refractivity contribution >= 4 is 10.9 Å². The Labute approximate surface area is 137 Å². The predicted octanol–water partition coefficient (Wildman–Crippen LogP) is 3.76. The van der Waals surface area contributed by atoms with Gasteiger partial charge in [0.15, 0.2) is 0 Å². The minimum absolute atomic E-state index is 0.795. The van der Waals surface area contributed by atoms with Crippen molar-refractivity contribution in [2.24, 2.45) is 5.92 Å². The molecule has 3 heterocycles. The van der Waals surface area contributed by atoms with Gasteiger partial charge >= 0.3 is 0 Å². The smallest absolute Gasteiger partial charge is 0.0565 e. The van der Waals surface area contributed by atoms with Gasteiger partial charge in [0, 0.05) is 35.4 Å². The lowest BCUT2D eigenvalue weighted by Crippen LogP contribution is -2.19. The van der Waals surface area contributed by atoms with Crippen LogP contribution in [0.2, 0.25) is 0 Å². The zero-order valence-corrected chi connectivity index (χ0v) is 13.7. The van der Waals surface area contributed by atoms with E-state index < -0.39 is 0 Å². The molecule has 0 saturated carbocycles. The summed E-state index contributed by atoms with van der Waals surface area (Å²) in [5.74, 6) is 0.795. The van der Waals surface area contributed by atoms with Gasteiger partial charge in [-0.25, -0.2) is 0 Å². The number of benzene rings is 1. The van der Waals surface area contributed by atoms with Crippen molar-refractivity contribution in [2.45, 2.75) is 25.8 Å². The van der Waals surface area contributed by atoms with Crippen molar-refractivity contribution in [1.29, 1.82) is 0 Å². The Balaban J connectivity index is 1.56. The van der Waals surface area contributed by atoms with Crippen molar-refractivity contribution in [3.63, 3.8) is 0 Å². The lowest BCUT2D eigenvalue weighted by atomic mass is 10.0. The van der Waals surface area contributed by atoms with Crippen LogP contribution in [-0.4, -0.2) is 39.8 Å². The Kier molecular flexibility index (Phi) is 3.92. The van der Waals surface area contributed by atoms with Crippen LogP contribution in [0.4, 0.5) is 0 Å². The second-order valence-electron chi connectivity index (χ2n) is 6.83. The fraction of sp³-hybridized carbons (Fsp3) is 0.421. The van der Waals surface area contributed by atoms with E-state index in [9.17, 15) is 0 Å². The van der Waals surface area contributed by atoms with Crippen LogP contribution in [-0.2, 0) is 6.54 Å². The van der Waals surface area contributed by atoms with Gasteiger partial charge in [0.25, 0.3) is 0 Å². The van der Waals surface area contributed by atoms with Crippen molar-refractivity contribution in [3.05, 3.63) is 42.9 Å². The summed E-state index contributed by atoms with van der Waals surface area (Å²) < 4.78 is 2.43. The van der Waals surface area contributed by atoms with E-state index in [1.54, 1.807) is 0 Å². The maximum absolute atomic E-state index is 4.04. The number of hydrogen-bond acceptors (Lipinski definition) is 2. The Morgan fingerprint density at radius 2 is 2.13 bits per heavy atom. The van der Waals surface area contributed by atoms with E-state index in [1.165, 1.54) is 48.8 Å². The second kappa shape index (κ2) is 6.20. The summed E-state index contributed by atoms with van der Waals surface area (Å²) in [7, 11) is 2.24. The van der Waals surface area contributed by atoms with Gasteiger partial charge in [-0.1, -0.05) is 6.07 Å². The first-order valence-electron chi connectivity index (χ1n) is 8.56. The Bertz CT molecular complexity index is 772. The number of nitrogens with zero attached hydrogens (tertiary/aromatic N) is 3. The largest absolute Gasteiger partial charge is 0.347 e. The number of fused-ring (bicyclic) bond motifs is 1. The van der Waals surface area contributed by atoms with Gasteiger partial charge in [0.1, 0.15) is 0 Å². The standard InChI is InChI=1S/C19H24N4/c1-22-8-2-3-15(6-9-22)14-23-10-7-17-11-16(4-5-19(17)23)18-12-20-21-13-18/h4-5,7,10-13,15H,2-3,6,8-9,14H2,1H3,(H,20,21). The molecule has 0 radical (unpaired) electrons. The average molecular weight is 308 g/mol. The monoisotopic (exact) mass is 308 g/mol. The number of rotatable bonds is 3. The highest BCUT2D eigenvalue weighted by Gasteiger charge is 2.16. The molecule has 1 atom stereocenters. The molecule has 3 aromatic rings. The van der Waals surface area contributed by atoms with E-state index in [1.807, 2.05) is 12.4 Å². The molecule has 4 rings (SSSR count). The Morgan fingerprint density at radius 3 is 3.00 bits per heavy atom. The minimum Gasteiger partial charge on any atom is -0.347 e. The molecule has 4 nitrogen and oxygen atoms in total. The molecule has 1 aliphatic rings. The van der Waals surface area contributed by atoms with Gasteiger partial charge in [0.2, 0.25) is 0 Å². The third-order valence-corrected chi connectivity index (χ3v) is 5.13. The van der Waals surface area contributed by atoms with Crippen LogP contribution in [0.15, 0.2) is 42.9 Å². The molecule has 2 aromatic heterocycles. The number of H-pyrrole nitrogens is 1. The van der Waals surface area contributed by atoms with Gasteiger partial charge < -0.3 is 9.47 Å². The summed E-state index contributed by atoms with van der Waals surface area (Å²) in [6.45, 7) is 3.62. The molecular formula is C19H24N4. The van der Waals surface area contributed by atoms with E-state index in [2.05, 4.69) is 57.2 Å². The molecule has 1 N–H and O–H groups in total. The Hall–Kier alpha value is -2.07. The zero-order chi connectivity index (χ0) is 15.6. The average Bonchev–Trinajstić information content (AvgIpc) is 3.17. The van der Waals surface area contributed by atoms with Gasteiger partial charge in [-0.2, -0.15) is 5.10 Å². The number of likely N-dealkylation sites (tertiary alicyclic amines) is 1. The fourth-order valence-electron chi connectivity index (χ4n) is 3.72. The van der Waals surface area contributed by atoms with E-state index in [0.717, 1.165) is 18.0 Å². The van der Waals surface area contributed by atoms with Crippen LogP contribution in [0, 0.1) is 5.92 Å². The van der Waals surface area contributed by atoms with E-state index in [4.69, 9.17) is 0 Å². The maximum Gasteiger partial charge on any atom is 0.0565 e. The van der Waals surface area contributed by atoms with Crippen molar-refractivity contribution in [2.75, 3.05) is 20.1 Å². The van der Waals surface area contributed by atoms with Gasteiger partial charge in [-0.15, -0.1) is 0 Å². The molecule has 0 bridgehead atoms. The van der Waals surface area contributed by atoms with E-state index in [0.29, 0.717) is 0 Å². The third kappa shape index (κ3) is 3.04. The molecule has 1 aromatic carbocycles. The van der Waals surface area contributed by atoms with Crippen LogP contribution >= 0.6 is 0 Å². The molecule has 0 aliphatic carbocycles. The van der Waals surface area contributed by atoms with Crippen LogP contribution in [0.5, 0.6) is 0 Å². The summed E-state index contributed by atoms with van der Waals surface area (Å²) in [6, 6.07) is 8.95. The van der Waals surface area contributed by atoms with Crippen molar-refractivity contribution in [3.8, 4) is 11.1 Å². The third-order valence-electron chi connectivity index (χ3n) is 5.13. The minimum atomic E-state index is 0.795. The van der Waals surface area contributed by atoms with Crippen molar-refractivity contribution < 1.29 is 0 Å². The lowest BCUT2D eigenvalue weighted by molar-refractivity contribution is 0.335. The first kappa shape index (κ1) is 14.5.